The molecule has 0 aromatic heterocycles. The van der Waals surface area contributed by atoms with Crippen LogP contribution in [0.4, 0.5) is 0 Å². The molecule has 102 valence electrons. The first-order valence-corrected chi connectivity index (χ1v) is 6.28. The number of rotatable bonds is 5. The number of hydrogen-bond donors (Lipinski definition) is 0. The van der Waals surface area contributed by atoms with Crippen molar-refractivity contribution in [3.63, 3.8) is 0 Å². The Morgan fingerprint density at radius 2 is 1.35 bits per heavy atom. The largest absolute Gasteiger partial charge is 0.293 e. The number of hydrogen-bond acceptors (Lipinski definition) is 2. The molecular weight excluding hydrogens is 212 g/mol. The molecule has 0 rings (SSSR count). The summed E-state index contributed by atoms with van der Waals surface area (Å²) in [6.45, 7) is 2.26. The van der Waals surface area contributed by atoms with Gasteiger partial charge in [0, 0.05) is 0 Å². The van der Waals surface area contributed by atoms with Gasteiger partial charge in [-0.3, -0.25) is 19.3 Å². The first kappa shape index (κ1) is 16.4. The summed E-state index contributed by atoms with van der Waals surface area (Å²) in [5.41, 5.74) is 0. The zero-order chi connectivity index (χ0) is 13.7. The second kappa shape index (κ2) is 6.97. The molecule has 0 heterocycles. The van der Waals surface area contributed by atoms with Crippen LogP contribution in [-0.4, -0.2) is 87.7 Å². The fourth-order valence-corrected chi connectivity index (χ4v) is 2.77. The molecular formula is C13H31N4+. The maximum atomic E-state index is 2.29. The van der Waals surface area contributed by atoms with Gasteiger partial charge in [0.25, 0.3) is 5.84 Å². The van der Waals surface area contributed by atoms with Crippen LogP contribution in [0.25, 0.3) is 0 Å². The van der Waals surface area contributed by atoms with E-state index in [1.807, 2.05) is 0 Å². The fourth-order valence-electron chi connectivity index (χ4n) is 2.77. The second-order valence-electron chi connectivity index (χ2n) is 5.50. The molecule has 0 aliphatic carbocycles. The lowest BCUT2D eigenvalue weighted by atomic mass is 9.98. The second-order valence-corrected chi connectivity index (χ2v) is 5.50. The third-order valence-electron chi connectivity index (χ3n) is 3.11. The summed E-state index contributed by atoms with van der Waals surface area (Å²) in [5, 5.41) is 0. The normalized spacial score (nSPS) is 13.4. The van der Waals surface area contributed by atoms with Crippen LogP contribution in [-0.2, 0) is 0 Å². The molecule has 4 heteroatoms. The number of nitrogens with zero attached hydrogens (tertiary/aromatic N) is 4. The van der Waals surface area contributed by atoms with E-state index in [9.17, 15) is 0 Å². The molecule has 0 spiro atoms. The van der Waals surface area contributed by atoms with Gasteiger partial charge in [0.2, 0.25) is 0 Å². The lowest BCUT2D eigenvalue weighted by Crippen LogP contribution is -2.52. The minimum Gasteiger partial charge on any atom is -0.293 e. The Kier molecular flexibility index (Phi) is 6.72. The zero-order valence-electron chi connectivity index (χ0n) is 13.2. The highest BCUT2D eigenvalue weighted by Crippen LogP contribution is 2.18. The van der Waals surface area contributed by atoms with E-state index in [0.717, 1.165) is 6.42 Å². The van der Waals surface area contributed by atoms with Gasteiger partial charge in [-0.15, -0.1) is 0 Å². The lowest BCUT2D eigenvalue weighted by molar-refractivity contribution is -0.473. The van der Waals surface area contributed by atoms with Crippen LogP contribution in [0.1, 0.15) is 13.3 Å². The molecule has 0 aromatic carbocycles. The number of amidine groups is 1. The molecule has 4 nitrogen and oxygen atoms in total. The molecule has 1 atom stereocenters. The Balaban J connectivity index is 5.35. The van der Waals surface area contributed by atoms with Gasteiger partial charge in [-0.25, -0.2) is 0 Å². The highest BCUT2D eigenvalue weighted by Gasteiger charge is 2.34. The van der Waals surface area contributed by atoms with E-state index in [1.54, 1.807) is 0 Å². The summed E-state index contributed by atoms with van der Waals surface area (Å²) in [6.07, 6.45) is 1.55. The van der Waals surface area contributed by atoms with Crippen molar-refractivity contribution >= 4 is 5.84 Å². The van der Waals surface area contributed by atoms with Crippen LogP contribution in [0.15, 0.2) is 0 Å². The Labute approximate surface area is 108 Å². The van der Waals surface area contributed by atoms with Crippen molar-refractivity contribution in [3.8, 4) is 0 Å². The average Bonchev–Trinajstić information content (AvgIpc) is 2.13. The van der Waals surface area contributed by atoms with Gasteiger partial charge in [0.05, 0.1) is 40.3 Å². The van der Waals surface area contributed by atoms with E-state index >= 15 is 0 Å². The first-order chi connectivity index (χ1) is 7.73. The Bertz CT molecular complexity index is 244. The van der Waals surface area contributed by atoms with E-state index in [4.69, 9.17) is 0 Å². The molecule has 0 saturated heterocycles. The summed E-state index contributed by atoms with van der Waals surface area (Å²) in [7, 11) is 17.1. The summed E-state index contributed by atoms with van der Waals surface area (Å²) in [6, 6.07) is 0. The maximum absolute atomic E-state index is 2.29. The monoisotopic (exact) mass is 243 g/mol. The molecule has 0 saturated carbocycles. The Morgan fingerprint density at radius 3 is 1.53 bits per heavy atom. The summed E-state index contributed by atoms with van der Waals surface area (Å²) < 4.78 is 2.23. The van der Waals surface area contributed by atoms with Crippen LogP contribution in [0.2, 0.25) is 0 Å². The van der Waals surface area contributed by atoms with Crippen LogP contribution >= 0.6 is 0 Å². The SMILES string of the molecule is CCC(C(N(C)C)=[N+](C)C)C(N(C)C)N(C)C. The summed E-state index contributed by atoms with van der Waals surface area (Å²) in [5.74, 6) is 1.88. The Hall–Kier alpha value is -0.610. The average molecular weight is 243 g/mol. The summed E-state index contributed by atoms with van der Waals surface area (Å²) in [4.78, 5) is 6.82. The van der Waals surface area contributed by atoms with E-state index in [-0.39, 0.29) is 0 Å². The molecule has 1 unspecified atom stereocenters. The van der Waals surface area contributed by atoms with Gasteiger partial charge in [0.1, 0.15) is 0 Å². The summed E-state index contributed by atoms with van der Waals surface area (Å²) >= 11 is 0. The predicted molar refractivity (Wildman–Crippen MR) is 75.7 cm³/mol. The standard InChI is InChI=1S/C13H31N4/c1-10-11(12(14(2)3)15(4)5)13(16(6)7)17(8)9/h11-12H,10H2,1-9H3/q+1. The van der Waals surface area contributed by atoms with Crippen molar-refractivity contribution in [1.82, 2.24) is 14.7 Å². The van der Waals surface area contributed by atoms with E-state index in [0.29, 0.717) is 12.1 Å². The van der Waals surface area contributed by atoms with Gasteiger partial charge < -0.3 is 0 Å². The van der Waals surface area contributed by atoms with Crippen LogP contribution in [0.3, 0.4) is 0 Å². The lowest BCUT2D eigenvalue weighted by Gasteiger charge is -2.37. The maximum Gasteiger partial charge on any atom is 0.252 e. The molecule has 0 N–H and O–H groups in total. The van der Waals surface area contributed by atoms with Gasteiger partial charge in [-0.1, -0.05) is 6.92 Å². The van der Waals surface area contributed by atoms with Gasteiger partial charge in [-0.2, -0.15) is 0 Å². The van der Waals surface area contributed by atoms with Gasteiger partial charge in [0.15, 0.2) is 0 Å². The van der Waals surface area contributed by atoms with Gasteiger partial charge >= 0.3 is 0 Å². The zero-order valence-corrected chi connectivity index (χ0v) is 13.2. The molecule has 0 fully saturated rings. The van der Waals surface area contributed by atoms with Crippen LogP contribution in [0, 0.1) is 5.92 Å². The first-order valence-electron chi connectivity index (χ1n) is 6.28. The predicted octanol–water partition coefficient (Wildman–Crippen LogP) is 0.694. The quantitative estimate of drug-likeness (QED) is 0.305. The fraction of sp³-hybridized carbons (Fsp3) is 0.923. The smallest absolute Gasteiger partial charge is 0.252 e. The molecule has 0 aliphatic heterocycles. The molecule has 17 heavy (non-hydrogen) atoms. The van der Waals surface area contributed by atoms with Crippen LogP contribution in [0.5, 0.6) is 0 Å². The van der Waals surface area contributed by atoms with Crippen molar-refractivity contribution in [3.05, 3.63) is 0 Å². The molecule has 0 bridgehead atoms. The minimum atomic E-state index is 0.416. The topological polar surface area (TPSA) is 12.7 Å². The highest BCUT2D eigenvalue weighted by atomic mass is 15.3. The van der Waals surface area contributed by atoms with E-state index in [2.05, 4.69) is 82.6 Å². The van der Waals surface area contributed by atoms with Crippen LogP contribution < -0.4 is 0 Å². The van der Waals surface area contributed by atoms with Crippen molar-refractivity contribution < 1.29 is 4.58 Å². The van der Waals surface area contributed by atoms with Crippen molar-refractivity contribution in [2.75, 3.05) is 56.4 Å². The van der Waals surface area contributed by atoms with Crippen molar-refractivity contribution in [2.24, 2.45) is 5.92 Å². The van der Waals surface area contributed by atoms with Crippen molar-refractivity contribution in [1.29, 1.82) is 0 Å². The third kappa shape index (κ3) is 4.28. The third-order valence-corrected chi connectivity index (χ3v) is 3.11. The van der Waals surface area contributed by atoms with Crippen molar-refractivity contribution in [2.45, 2.75) is 19.5 Å². The van der Waals surface area contributed by atoms with Gasteiger partial charge in [-0.05, 0) is 34.6 Å². The molecule has 0 aliphatic rings. The molecule has 0 amide bonds. The highest BCUT2D eigenvalue weighted by molar-refractivity contribution is 5.80. The van der Waals surface area contributed by atoms with E-state index in [1.165, 1.54) is 5.84 Å². The molecule has 0 radical (unpaired) electrons. The Morgan fingerprint density at radius 1 is 0.941 bits per heavy atom. The minimum absolute atomic E-state index is 0.416. The van der Waals surface area contributed by atoms with E-state index < -0.39 is 0 Å². The molecule has 0 aromatic rings.